The van der Waals surface area contributed by atoms with Crippen LogP contribution in [0.25, 0.3) is 221 Å². The van der Waals surface area contributed by atoms with Gasteiger partial charge in [0.1, 0.15) is 0 Å². The molecule has 0 spiro atoms. The van der Waals surface area contributed by atoms with Gasteiger partial charge in [-0.1, -0.05) is 334 Å². The van der Waals surface area contributed by atoms with Crippen molar-refractivity contribution in [3.05, 3.63) is 485 Å². The minimum atomic E-state index is 1.16. The number of benzene rings is 20. The summed E-state index contributed by atoms with van der Waals surface area (Å²) in [5.41, 5.74) is 33.7. The van der Waals surface area contributed by atoms with Gasteiger partial charge in [0.2, 0.25) is 0 Å². The largest absolute Gasteiger partial charge is 0.309 e. The Labute approximate surface area is 728 Å². The van der Waals surface area contributed by atoms with Crippen LogP contribution < -0.4 is 0 Å². The van der Waals surface area contributed by atoms with Crippen LogP contribution in [-0.4, -0.2) is 27.4 Å². The molecule has 6 aromatic heterocycles. The fourth-order valence-electron chi connectivity index (χ4n) is 19.8. The molecule has 0 aliphatic heterocycles. The molecule has 0 radical (unpaired) electrons. The summed E-state index contributed by atoms with van der Waals surface area (Å²) in [4.78, 5) is 0. The van der Waals surface area contributed by atoms with E-state index < -0.39 is 0 Å². The van der Waals surface area contributed by atoms with Crippen molar-refractivity contribution in [2.45, 2.75) is 0 Å². The second kappa shape index (κ2) is 30.7. The number of nitrogens with zero attached hydrogens (tertiary/aromatic N) is 6. The van der Waals surface area contributed by atoms with Crippen LogP contribution in [0.3, 0.4) is 0 Å². The lowest BCUT2D eigenvalue weighted by Crippen LogP contribution is -1.96. The Balaban J connectivity index is 0.000000106. The summed E-state index contributed by atoms with van der Waals surface area (Å²) >= 11 is 0. The summed E-state index contributed by atoms with van der Waals surface area (Å²) in [5, 5.41) is 15.1. The molecule has 126 heavy (non-hydrogen) atoms. The molecule has 6 heteroatoms. The standard InChI is InChI=1S/2C42H28N2.C36H24N2/c1-4-14-29(15-5-1)31-24-32(30-16-6-2-7-17-30)26-34(25-31)44-40-23-13-11-21-36(40)38-27-41-37(28-42(38)44)35-20-10-12-22-39(35)43(41)33-18-8-3-9-19-33;1-3-13-29(14-4-1)31-17-11-19-33(25-31)43-39-23-9-7-21-35(39)37-28-42-38(27-41(37)43)36-22-8-10-24-40(36)44(42)34-20-12-18-32(26-34)30-15-5-2-6-16-30;1-3-12-25(13-4-1)26-14-11-17-28(22-26)38-34-21-10-8-19-30(34)32-23-35-31(24-36(32)38)29-18-7-9-20-33(29)37(35)27-15-5-2-6-16-27/h2*1-28H;1-24H. The molecule has 6 heterocycles. The Hall–Kier alpha value is -16.8. The van der Waals surface area contributed by atoms with E-state index in [2.05, 4.69) is 513 Å². The predicted octanol–water partition coefficient (Wildman–Crippen LogP) is 32.0. The van der Waals surface area contributed by atoms with Gasteiger partial charge in [0.15, 0.2) is 0 Å². The molecule has 0 aliphatic carbocycles. The van der Waals surface area contributed by atoms with E-state index in [9.17, 15) is 0 Å². The fourth-order valence-corrected chi connectivity index (χ4v) is 19.8. The Kier molecular flexibility index (Phi) is 17.8. The maximum absolute atomic E-state index is 2.46. The van der Waals surface area contributed by atoms with Crippen LogP contribution in [0, 0.1) is 0 Å². The third kappa shape index (κ3) is 12.5. The van der Waals surface area contributed by atoms with Crippen molar-refractivity contribution in [3.8, 4) is 89.8 Å². The first-order valence-corrected chi connectivity index (χ1v) is 43.3. The third-order valence-electron chi connectivity index (χ3n) is 25.5. The minimum Gasteiger partial charge on any atom is -0.309 e. The van der Waals surface area contributed by atoms with Crippen LogP contribution in [-0.2, 0) is 0 Å². The molecule has 6 nitrogen and oxygen atoms in total. The molecule has 0 fully saturated rings. The first-order chi connectivity index (χ1) is 62.5. The molecule has 0 bridgehead atoms. The van der Waals surface area contributed by atoms with E-state index in [1.165, 1.54) is 204 Å². The van der Waals surface area contributed by atoms with Crippen molar-refractivity contribution in [1.82, 2.24) is 27.4 Å². The maximum atomic E-state index is 2.46. The highest BCUT2D eigenvalue weighted by Gasteiger charge is 2.24. The quantitative estimate of drug-likeness (QED) is 0.124. The van der Waals surface area contributed by atoms with Gasteiger partial charge in [-0.3, -0.25) is 0 Å². The number of fused-ring (bicyclic) bond motifs is 18. The SMILES string of the molecule is c1ccc(-c2cc(-c3ccccc3)cc(-n3c4ccccc4c4cc5c(cc43)c3ccccc3n5-c3ccccc3)c2)cc1.c1ccc(-c2cccc(-n3c4ccccc4c4cc5c(cc43)c3ccccc3n5-c3cccc(-c4ccccc4)c3)c2)cc1.c1ccc(-c2cccc(-n3c4ccccc4c4cc5c(cc43)c3ccccc3n5-c3ccccc3)c2)cc1. The van der Waals surface area contributed by atoms with Gasteiger partial charge in [0, 0.05) is 98.8 Å². The van der Waals surface area contributed by atoms with Crippen LogP contribution in [0.2, 0.25) is 0 Å². The predicted molar refractivity (Wildman–Crippen MR) is 533 cm³/mol. The second-order valence-corrected chi connectivity index (χ2v) is 32.7. The lowest BCUT2D eigenvalue weighted by atomic mass is 9.98. The van der Waals surface area contributed by atoms with E-state index in [1.807, 2.05) is 0 Å². The van der Waals surface area contributed by atoms with Gasteiger partial charge >= 0.3 is 0 Å². The average molecular weight is 1610 g/mol. The van der Waals surface area contributed by atoms with Crippen LogP contribution in [0.1, 0.15) is 0 Å². The lowest BCUT2D eigenvalue weighted by molar-refractivity contribution is 1.17. The van der Waals surface area contributed by atoms with Crippen molar-refractivity contribution >= 4 is 131 Å². The molecule has 0 N–H and O–H groups in total. The third-order valence-corrected chi connectivity index (χ3v) is 25.5. The molecule has 0 aliphatic rings. The highest BCUT2D eigenvalue weighted by molar-refractivity contribution is 6.22. The molecule has 0 atom stereocenters. The lowest BCUT2D eigenvalue weighted by Gasteiger charge is -2.14. The Bertz CT molecular complexity index is 8440. The van der Waals surface area contributed by atoms with E-state index in [4.69, 9.17) is 0 Å². The van der Waals surface area contributed by atoms with Crippen molar-refractivity contribution < 1.29 is 0 Å². The van der Waals surface area contributed by atoms with Gasteiger partial charge in [0.05, 0.1) is 66.2 Å². The normalized spacial score (nSPS) is 11.7. The minimum absolute atomic E-state index is 1.16. The van der Waals surface area contributed by atoms with E-state index in [0.29, 0.717) is 0 Å². The van der Waals surface area contributed by atoms with Crippen molar-refractivity contribution in [3.63, 3.8) is 0 Å². The monoisotopic (exact) mass is 1600 g/mol. The zero-order valence-electron chi connectivity index (χ0n) is 68.9. The summed E-state index contributed by atoms with van der Waals surface area (Å²) in [7, 11) is 0. The molecule has 0 amide bonds. The van der Waals surface area contributed by atoms with E-state index in [1.54, 1.807) is 0 Å². The fraction of sp³-hybridized carbons (Fsp3) is 0. The smallest absolute Gasteiger partial charge is 0.0548 e. The van der Waals surface area contributed by atoms with Gasteiger partial charge in [-0.2, -0.15) is 0 Å². The number of hydrogen-bond donors (Lipinski definition) is 0. The number of para-hydroxylation sites is 8. The van der Waals surface area contributed by atoms with Gasteiger partial charge in [-0.05, 0) is 207 Å². The van der Waals surface area contributed by atoms with Gasteiger partial charge < -0.3 is 27.4 Å². The molecule has 0 unspecified atom stereocenters. The van der Waals surface area contributed by atoms with Gasteiger partial charge in [0.25, 0.3) is 0 Å². The van der Waals surface area contributed by atoms with Crippen molar-refractivity contribution in [2.24, 2.45) is 0 Å². The summed E-state index contributed by atoms with van der Waals surface area (Å²) in [6.07, 6.45) is 0. The van der Waals surface area contributed by atoms with E-state index in [0.717, 1.165) is 17.1 Å². The summed E-state index contributed by atoms with van der Waals surface area (Å²) < 4.78 is 14.5. The van der Waals surface area contributed by atoms with Gasteiger partial charge in [-0.25, -0.2) is 0 Å². The van der Waals surface area contributed by atoms with Crippen molar-refractivity contribution in [2.75, 3.05) is 0 Å². The molecule has 26 aromatic rings. The number of aromatic nitrogens is 6. The summed E-state index contributed by atoms with van der Waals surface area (Å²) in [6, 6.07) is 175. The van der Waals surface area contributed by atoms with E-state index in [-0.39, 0.29) is 0 Å². The number of rotatable bonds is 11. The Morgan fingerprint density at radius 3 is 0.492 bits per heavy atom. The zero-order valence-corrected chi connectivity index (χ0v) is 68.9. The molecule has 590 valence electrons. The average Bonchev–Trinajstić information content (AvgIpc) is 1.56. The first-order valence-electron chi connectivity index (χ1n) is 43.3. The summed E-state index contributed by atoms with van der Waals surface area (Å²) in [6.45, 7) is 0. The molecule has 0 saturated heterocycles. The summed E-state index contributed by atoms with van der Waals surface area (Å²) in [5.74, 6) is 0. The van der Waals surface area contributed by atoms with Crippen LogP contribution >= 0.6 is 0 Å². The van der Waals surface area contributed by atoms with Crippen LogP contribution in [0.4, 0.5) is 0 Å². The van der Waals surface area contributed by atoms with Crippen LogP contribution in [0.15, 0.2) is 485 Å². The highest BCUT2D eigenvalue weighted by atomic mass is 15.0. The van der Waals surface area contributed by atoms with Gasteiger partial charge in [-0.15, -0.1) is 0 Å². The Morgan fingerprint density at radius 2 is 0.254 bits per heavy atom. The topological polar surface area (TPSA) is 29.6 Å². The molecular formula is C120H80N6. The molecule has 0 saturated carbocycles. The highest BCUT2D eigenvalue weighted by Crippen LogP contribution is 2.46. The molecule has 20 aromatic carbocycles. The zero-order chi connectivity index (χ0) is 83.1. The maximum Gasteiger partial charge on any atom is 0.0548 e. The Morgan fingerprint density at radius 1 is 0.0873 bits per heavy atom. The molecule has 26 rings (SSSR count). The first kappa shape index (κ1) is 73.1. The number of hydrogen-bond acceptors (Lipinski definition) is 0. The second-order valence-electron chi connectivity index (χ2n) is 32.7. The molecular weight excluding hydrogens is 1530 g/mol. The van der Waals surface area contributed by atoms with Crippen LogP contribution in [0.5, 0.6) is 0 Å². The van der Waals surface area contributed by atoms with E-state index >= 15 is 0 Å². The van der Waals surface area contributed by atoms with Crippen molar-refractivity contribution in [1.29, 1.82) is 0 Å².